The first-order chi connectivity index (χ1) is 9.17. The lowest BCUT2D eigenvalue weighted by Crippen LogP contribution is -2.24. The van der Waals surface area contributed by atoms with Gasteiger partial charge in [-0.05, 0) is 31.2 Å². The van der Waals surface area contributed by atoms with E-state index in [1.165, 1.54) is 0 Å². The van der Waals surface area contributed by atoms with Crippen LogP contribution in [0.3, 0.4) is 0 Å². The van der Waals surface area contributed by atoms with Crippen LogP contribution in [0.4, 0.5) is 5.69 Å². The molecule has 0 aliphatic carbocycles. The van der Waals surface area contributed by atoms with E-state index in [1.807, 2.05) is 24.1 Å². The molecule has 5 heteroatoms. The van der Waals surface area contributed by atoms with E-state index < -0.39 is 0 Å². The summed E-state index contributed by atoms with van der Waals surface area (Å²) in [6.07, 6.45) is 0. The van der Waals surface area contributed by atoms with Gasteiger partial charge in [0.2, 0.25) is 0 Å². The highest BCUT2D eigenvalue weighted by Gasteiger charge is 2.03. The zero-order chi connectivity index (χ0) is 14.1. The zero-order valence-corrected chi connectivity index (χ0v) is 11.3. The van der Waals surface area contributed by atoms with Gasteiger partial charge < -0.3 is 14.4 Å². The molecule has 0 unspecified atom stereocenters. The fourth-order valence-electron chi connectivity index (χ4n) is 1.48. The van der Waals surface area contributed by atoms with Crippen molar-refractivity contribution in [2.45, 2.75) is 6.92 Å². The maximum atomic E-state index is 11.0. The molecule has 0 aromatic heterocycles. The Morgan fingerprint density at radius 3 is 2.63 bits per heavy atom. The highest BCUT2D eigenvalue weighted by molar-refractivity contribution is 5.70. The van der Waals surface area contributed by atoms with Gasteiger partial charge in [0.25, 0.3) is 0 Å². The molecular weight excluding hydrogens is 244 g/mol. The minimum Gasteiger partial charge on any atom is -0.464 e. The number of nitrogens with zero attached hydrogens (tertiary/aromatic N) is 2. The second-order valence-corrected chi connectivity index (χ2v) is 3.94. The number of carbonyl (C=O) groups excluding carboxylic acids is 1. The molecule has 0 fully saturated rings. The molecule has 1 aromatic carbocycles. The highest BCUT2D eigenvalue weighted by Crippen LogP contribution is 2.12. The minimum atomic E-state index is -0.344. The second-order valence-electron chi connectivity index (χ2n) is 3.94. The predicted octanol–water partition coefficient (Wildman–Crippen LogP) is 1.57. The first-order valence-corrected chi connectivity index (χ1v) is 6.12. The number of esters is 1. The van der Waals surface area contributed by atoms with Gasteiger partial charge >= 0.3 is 5.97 Å². The lowest BCUT2D eigenvalue weighted by molar-refractivity contribution is -0.148. The Labute approximate surface area is 113 Å². The number of ether oxygens (including phenoxy) is 2. The molecule has 0 aliphatic rings. The SMILES string of the molecule is CCOC(=O)COCCN(C)c1ccc(C#N)cc1. The van der Waals surface area contributed by atoms with Gasteiger partial charge in [-0.3, -0.25) is 0 Å². The van der Waals surface area contributed by atoms with Crippen LogP contribution in [-0.4, -0.2) is 39.4 Å². The van der Waals surface area contributed by atoms with Crippen LogP contribution in [0.2, 0.25) is 0 Å². The van der Waals surface area contributed by atoms with E-state index in [9.17, 15) is 4.79 Å². The molecule has 0 heterocycles. The summed E-state index contributed by atoms with van der Waals surface area (Å²) in [6, 6.07) is 9.37. The third kappa shape index (κ3) is 5.40. The Hall–Kier alpha value is -2.06. The Bertz CT molecular complexity index is 437. The van der Waals surface area contributed by atoms with Crippen LogP contribution in [0.1, 0.15) is 12.5 Å². The van der Waals surface area contributed by atoms with Crippen LogP contribution in [0.15, 0.2) is 24.3 Å². The molecule has 0 aliphatic heterocycles. The molecular formula is C14H18N2O3. The molecule has 0 bridgehead atoms. The highest BCUT2D eigenvalue weighted by atomic mass is 16.6. The standard InChI is InChI=1S/C14H18N2O3/c1-3-19-14(17)11-18-9-8-16(2)13-6-4-12(10-15)5-7-13/h4-7H,3,8-9,11H2,1-2H3. The van der Waals surface area contributed by atoms with Crippen LogP contribution >= 0.6 is 0 Å². The largest absolute Gasteiger partial charge is 0.464 e. The quantitative estimate of drug-likeness (QED) is 0.551. The normalized spacial score (nSPS) is 9.74. The van der Waals surface area contributed by atoms with Gasteiger partial charge in [0.05, 0.1) is 24.8 Å². The van der Waals surface area contributed by atoms with Crippen molar-refractivity contribution in [2.75, 3.05) is 38.3 Å². The van der Waals surface area contributed by atoms with Gasteiger partial charge in [0.15, 0.2) is 0 Å². The molecule has 0 radical (unpaired) electrons. The molecule has 102 valence electrons. The van der Waals surface area contributed by atoms with E-state index in [-0.39, 0.29) is 12.6 Å². The van der Waals surface area contributed by atoms with E-state index >= 15 is 0 Å². The molecule has 0 saturated heterocycles. The maximum Gasteiger partial charge on any atom is 0.332 e. The van der Waals surface area contributed by atoms with Crippen LogP contribution in [-0.2, 0) is 14.3 Å². The Morgan fingerprint density at radius 1 is 1.37 bits per heavy atom. The number of hydrogen-bond acceptors (Lipinski definition) is 5. The summed E-state index contributed by atoms with van der Waals surface area (Å²) in [5.74, 6) is -0.344. The van der Waals surface area contributed by atoms with Crippen molar-refractivity contribution >= 4 is 11.7 Å². The van der Waals surface area contributed by atoms with Crippen molar-refractivity contribution in [3.63, 3.8) is 0 Å². The van der Waals surface area contributed by atoms with Gasteiger partial charge in [-0.2, -0.15) is 5.26 Å². The Balaban J connectivity index is 2.29. The van der Waals surface area contributed by atoms with Gasteiger partial charge in [0, 0.05) is 19.3 Å². The maximum absolute atomic E-state index is 11.0. The summed E-state index contributed by atoms with van der Waals surface area (Å²) < 4.78 is 9.97. The first-order valence-electron chi connectivity index (χ1n) is 6.12. The molecule has 19 heavy (non-hydrogen) atoms. The number of hydrogen-bond donors (Lipinski definition) is 0. The summed E-state index contributed by atoms with van der Waals surface area (Å²) >= 11 is 0. The third-order valence-corrected chi connectivity index (χ3v) is 2.53. The molecule has 0 N–H and O–H groups in total. The monoisotopic (exact) mass is 262 g/mol. The summed E-state index contributed by atoms with van der Waals surface area (Å²) in [5.41, 5.74) is 1.63. The number of carbonyl (C=O) groups is 1. The minimum absolute atomic E-state index is 0.0188. The fourth-order valence-corrected chi connectivity index (χ4v) is 1.48. The summed E-state index contributed by atoms with van der Waals surface area (Å²) in [7, 11) is 1.93. The number of likely N-dealkylation sites (N-methyl/N-ethyl adjacent to an activating group) is 1. The van der Waals surface area contributed by atoms with Crippen LogP contribution in [0.25, 0.3) is 0 Å². The summed E-state index contributed by atoms with van der Waals surface area (Å²) in [4.78, 5) is 13.0. The number of nitriles is 1. The summed E-state index contributed by atoms with van der Waals surface area (Å²) in [5, 5.41) is 8.71. The van der Waals surface area contributed by atoms with Crippen molar-refractivity contribution in [3.8, 4) is 6.07 Å². The molecule has 0 amide bonds. The van der Waals surface area contributed by atoms with E-state index in [2.05, 4.69) is 6.07 Å². The average molecular weight is 262 g/mol. The van der Waals surface area contributed by atoms with Gasteiger partial charge in [-0.15, -0.1) is 0 Å². The predicted molar refractivity (Wildman–Crippen MR) is 71.9 cm³/mol. The lowest BCUT2D eigenvalue weighted by Gasteiger charge is -2.19. The summed E-state index contributed by atoms with van der Waals surface area (Å²) in [6.45, 7) is 3.21. The van der Waals surface area contributed by atoms with Crippen LogP contribution in [0, 0.1) is 11.3 Å². The molecule has 0 atom stereocenters. The third-order valence-electron chi connectivity index (χ3n) is 2.53. The smallest absolute Gasteiger partial charge is 0.332 e. The molecule has 0 saturated carbocycles. The van der Waals surface area contributed by atoms with E-state index in [4.69, 9.17) is 14.7 Å². The molecule has 5 nitrogen and oxygen atoms in total. The fraction of sp³-hybridized carbons (Fsp3) is 0.429. The Kier molecular flexibility index (Phi) is 6.41. The number of anilines is 1. The first kappa shape index (κ1) is 15.0. The van der Waals surface area contributed by atoms with Crippen molar-refractivity contribution in [2.24, 2.45) is 0 Å². The zero-order valence-electron chi connectivity index (χ0n) is 11.3. The Morgan fingerprint density at radius 2 is 2.05 bits per heavy atom. The van der Waals surface area contributed by atoms with E-state index in [0.717, 1.165) is 5.69 Å². The van der Waals surface area contributed by atoms with Crippen molar-refractivity contribution < 1.29 is 14.3 Å². The topological polar surface area (TPSA) is 62.6 Å². The number of rotatable bonds is 7. The van der Waals surface area contributed by atoms with Crippen LogP contribution < -0.4 is 4.90 Å². The molecule has 1 rings (SSSR count). The number of benzene rings is 1. The average Bonchev–Trinajstić information content (AvgIpc) is 2.44. The van der Waals surface area contributed by atoms with E-state index in [0.29, 0.717) is 25.3 Å². The van der Waals surface area contributed by atoms with Gasteiger partial charge in [0.1, 0.15) is 6.61 Å². The van der Waals surface area contributed by atoms with Crippen molar-refractivity contribution in [3.05, 3.63) is 29.8 Å². The van der Waals surface area contributed by atoms with Gasteiger partial charge in [-0.1, -0.05) is 0 Å². The lowest BCUT2D eigenvalue weighted by atomic mass is 10.2. The second kappa shape index (κ2) is 8.11. The van der Waals surface area contributed by atoms with Crippen molar-refractivity contribution in [1.29, 1.82) is 5.26 Å². The van der Waals surface area contributed by atoms with Gasteiger partial charge in [-0.25, -0.2) is 4.79 Å². The van der Waals surface area contributed by atoms with Crippen LogP contribution in [0.5, 0.6) is 0 Å². The molecule has 0 spiro atoms. The van der Waals surface area contributed by atoms with E-state index in [1.54, 1.807) is 19.1 Å². The molecule has 1 aromatic rings. The van der Waals surface area contributed by atoms with Crippen molar-refractivity contribution in [1.82, 2.24) is 0 Å².